The van der Waals surface area contributed by atoms with Crippen molar-refractivity contribution in [3.63, 3.8) is 0 Å². The minimum Gasteiger partial charge on any atom is -0.316 e. The predicted octanol–water partition coefficient (Wildman–Crippen LogP) is 2.31. The van der Waals surface area contributed by atoms with E-state index in [-0.39, 0.29) is 28.7 Å². The smallest absolute Gasteiger partial charge is 0.247 e. The summed E-state index contributed by atoms with van der Waals surface area (Å²) in [6.45, 7) is 5.80. The molecule has 0 saturated carbocycles. The molecule has 0 N–H and O–H groups in total. The third-order valence-electron chi connectivity index (χ3n) is 4.07. The summed E-state index contributed by atoms with van der Waals surface area (Å²) in [5, 5.41) is 0.580. The van der Waals surface area contributed by atoms with E-state index in [0.717, 1.165) is 16.8 Å². The van der Waals surface area contributed by atoms with Crippen molar-refractivity contribution in [2.24, 2.45) is 4.99 Å². The first-order chi connectivity index (χ1) is 10.8. The fourth-order valence-corrected chi connectivity index (χ4v) is 7.07. The zero-order chi connectivity index (χ0) is 16.8. The van der Waals surface area contributed by atoms with Gasteiger partial charge in [0.1, 0.15) is 0 Å². The molecule has 0 aliphatic carbocycles. The van der Waals surface area contributed by atoms with Crippen molar-refractivity contribution < 1.29 is 13.2 Å². The number of carbonyl (C=O) groups is 1. The molecule has 0 spiro atoms. The van der Waals surface area contributed by atoms with Gasteiger partial charge in [0.05, 0.1) is 17.5 Å². The van der Waals surface area contributed by atoms with Gasteiger partial charge >= 0.3 is 0 Å². The van der Waals surface area contributed by atoms with Crippen LogP contribution in [0.1, 0.15) is 24.5 Å². The van der Waals surface area contributed by atoms with Crippen LogP contribution >= 0.6 is 11.8 Å². The number of thioether (sulfide) groups is 1. The second kappa shape index (κ2) is 5.94. The Kier molecular flexibility index (Phi) is 4.27. The highest BCUT2D eigenvalue weighted by molar-refractivity contribution is 8.16. The van der Waals surface area contributed by atoms with Crippen LogP contribution < -0.4 is 4.90 Å². The van der Waals surface area contributed by atoms with Crippen molar-refractivity contribution in [1.82, 2.24) is 0 Å². The molecule has 0 radical (unpaired) electrons. The first kappa shape index (κ1) is 16.5. The van der Waals surface area contributed by atoms with Crippen LogP contribution in [0, 0.1) is 13.8 Å². The van der Waals surface area contributed by atoms with Gasteiger partial charge in [-0.25, -0.2) is 8.42 Å². The number of sulfone groups is 1. The number of benzene rings is 1. The molecule has 2 atom stereocenters. The van der Waals surface area contributed by atoms with Crippen LogP contribution in [0.4, 0.5) is 5.69 Å². The molecule has 3 rings (SSSR count). The van der Waals surface area contributed by atoms with Gasteiger partial charge in [0.2, 0.25) is 5.91 Å². The number of amidine groups is 1. The van der Waals surface area contributed by atoms with Crippen LogP contribution in [0.3, 0.4) is 0 Å². The lowest BCUT2D eigenvalue weighted by molar-refractivity contribution is -0.117. The molecule has 124 valence electrons. The molecular weight excluding hydrogens is 332 g/mol. The average molecular weight is 352 g/mol. The molecule has 0 aromatic heterocycles. The quantitative estimate of drug-likeness (QED) is 0.817. The molecule has 7 heteroatoms. The van der Waals surface area contributed by atoms with E-state index >= 15 is 0 Å². The molecule has 1 amide bonds. The molecule has 23 heavy (non-hydrogen) atoms. The summed E-state index contributed by atoms with van der Waals surface area (Å²) < 4.78 is 24.0. The number of aliphatic imine (C=N–C) groups is 1. The summed E-state index contributed by atoms with van der Waals surface area (Å²) in [7, 11) is -3.03. The first-order valence-electron chi connectivity index (χ1n) is 7.65. The highest BCUT2D eigenvalue weighted by Crippen LogP contribution is 2.41. The SMILES string of the molecule is CCC(=O)N=C1S[C@H]2CS(=O)(=O)C[C@H]2N1c1cc(C)cc(C)c1. The average Bonchev–Trinajstić information content (AvgIpc) is 2.88. The van der Waals surface area contributed by atoms with E-state index in [0.29, 0.717) is 11.6 Å². The third kappa shape index (κ3) is 3.30. The number of aryl methyl sites for hydroxylation is 2. The third-order valence-corrected chi connectivity index (χ3v) is 7.28. The number of amides is 1. The number of rotatable bonds is 2. The van der Waals surface area contributed by atoms with Gasteiger partial charge in [0, 0.05) is 17.4 Å². The number of carbonyl (C=O) groups excluding carboxylic acids is 1. The largest absolute Gasteiger partial charge is 0.316 e. The van der Waals surface area contributed by atoms with E-state index in [9.17, 15) is 13.2 Å². The fraction of sp³-hybridized carbons (Fsp3) is 0.500. The molecule has 1 aromatic carbocycles. The van der Waals surface area contributed by atoms with E-state index in [4.69, 9.17) is 0 Å². The van der Waals surface area contributed by atoms with Crippen molar-refractivity contribution in [2.45, 2.75) is 38.5 Å². The molecule has 0 bridgehead atoms. The van der Waals surface area contributed by atoms with E-state index in [1.807, 2.05) is 30.9 Å². The van der Waals surface area contributed by atoms with Crippen molar-refractivity contribution in [3.05, 3.63) is 29.3 Å². The van der Waals surface area contributed by atoms with Crippen LogP contribution in [0.2, 0.25) is 0 Å². The lowest BCUT2D eigenvalue weighted by Crippen LogP contribution is -2.37. The van der Waals surface area contributed by atoms with Crippen molar-refractivity contribution >= 4 is 38.4 Å². The summed E-state index contributed by atoms with van der Waals surface area (Å²) in [5.74, 6) is 0.102. The zero-order valence-corrected chi connectivity index (χ0v) is 15.1. The second-order valence-electron chi connectivity index (χ2n) is 6.16. The Balaban J connectivity index is 2.06. The minimum atomic E-state index is -3.03. The Morgan fingerprint density at radius 1 is 1.26 bits per heavy atom. The predicted molar refractivity (Wildman–Crippen MR) is 94.9 cm³/mol. The summed E-state index contributed by atoms with van der Waals surface area (Å²) in [5.41, 5.74) is 3.13. The molecule has 2 fully saturated rings. The maximum absolute atomic E-state index is 12.0. The lowest BCUT2D eigenvalue weighted by atomic mass is 10.1. The van der Waals surface area contributed by atoms with Gasteiger partial charge in [-0.2, -0.15) is 4.99 Å². The number of hydrogen-bond acceptors (Lipinski definition) is 4. The maximum Gasteiger partial charge on any atom is 0.247 e. The van der Waals surface area contributed by atoms with Gasteiger partial charge in [-0.15, -0.1) is 0 Å². The fourth-order valence-electron chi connectivity index (χ4n) is 3.14. The van der Waals surface area contributed by atoms with Crippen molar-refractivity contribution in [3.8, 4) is 0 Å². The zero-order valence-electron chi connectivity index (χ0n) is 13.4. The van der Waals surface area contributed by atoms with Gasteiger partial charge < -0.3 is 4.90 Å². The summed E-state index contributed by atoms with van der Waals surface area (Å²) in [4.78, 5) is 17.9. The highest BCUT2D eigenvalue weighted by Gasteiger charge is 2.49. The Morgan fingerprint density at radius 2 is 1.91 bits per heavy atom. The normalized spacial score (nSPS) is 27.4. The number of nitrogens with zero attached hydrogens (tertiary/aromatic N) is 2. The Labute approximate surface area is 141 Å². The monoisotopic (exact) mass is 352 g/mol. The molecule has 2 saturated heterocycles. The standard InChI is InChI=1S/C16H20N2O3S2/c1-4-15(19)17-16-18(12-6-10(2)5-11(3)7-12)13-8-23(20,21)9-14(13)22-16/h5-7,13-14H,4,8-9H2,1-3H3/t13-,14+/m1/s1. The molecular formula is C16H20N2O3S2. The summed E-state index contributed by atoms with van der Waals surface area (Å²) in [6, 6.07) is 5.97. The first-order valence-corrected chi connectivity index (χ1v) is 10.4. The summed E-state index contributed by atoms with van der Waals surface area (Å²) >= 11 is 1.42. The van der Waals surface area contributed by atoms with E-state index in [1.54, 1.807) is 6.92 Å². The Bertz CT molecular complexity index is 766. The second-order valence-corrected chi connectivity index (χ2v) is 9.52. The highest BCUT2D eigenvalue weighted by atomic mass is 32.2. The topological polar surface area (TPSA) is 66.8 Å². The van der Waals surface area contributed by atoms with Gasteiger partial charge in [-0.05, 0) is 37.1 Å². The lowest BCUT2D eigenvalue weighted by Gasteiger charge is -2.25. The number of hydrogen-bond donors (Lipinski definition) is 0. The maximum atomic E-state index is 12.0. The number of fused-ring (bicyclic) bond motifs is 1. The molecule has 2 aliphatic heterocycles. The van der Waals surface area contributed by atoms with Crippen molar-refractivity contribution in [1.29, 1.82) is 0 Å². The van der Waals surface area contributed by atoms with Crippen LogP contribution in [-0.2, 0) is 14.6 Å². The number of anilines is 1. The van der Waals surface area contributed by atoms with Crippen LogP contribution in [0.25, 0.3) is 0 Å². The summed E-state index contributed by atoms with van der Waals surface area (Å²) in [6.07, 6.45) is 0.346. The van der Waals surface area contributed by atoms with Gasteiger partial charge in [-0.1, -0.05) is 24.8 Å². The molecule has 1 aromatic rings. The van der Waals surface area contributed by atoms with E-state index in [2.05, 4.69) is 11.1 Å². The Hall–Kier alpha value is -1.34. The van der Waals surface area contributed by atoms with Gasteiger partial charge in [-0.3, -0.25) is 4.79 Å². The van der Waals surface area contributed by atoms with Gasteiger partial charge in [0.25, 0.3) is 0 Å². The minimum absolute atomic E-state index is 0.0516. The van der Waals surface area contributed by atoms with Crippen LogP contribution in [-0.4, -0.2) is 42.3 Å². The van der Waals surface area contributed by atoms with Crippen LogP contribution in [0.15, 0.2) is 23.2 Å². The molecule has 5 nitrogen and oxygen atoms in total. The van der Waals surface area contributed by atoms with Gasteiger partial charge in [0.15, 0.2) is 15.0 Å². The van der Waals surface area contributed by atoms with Crippen molar-refractivity contribution in [2.75, 3.05) is 16.4 Å². The Morgan fingerprint density at radius 3 is 2.52 bits per heavy atom. The van der Waals surface area contributed by atoms with Crippen LogP contribution in [0.5, 0.6) is 0 Å². The molecule has 2 heterocycles. The van der Waals surface area contributed by atoms with E-state index < -0.39 is 9.84 Å². The molecule has 0 unspecified atom stereocenters. The molecule has 2 aliphatic rings. The van der Waals surface area contributed by atoms with E-state index in [1.165, 1.54) is 11.8 Å².